The lowest BCUT2D eigenvalue weighted by Gasteiger charge is -2.32. The van der Waals surface area contributed by atoms with Crippen molar-refractivity contribution >= 4 is 12.7 Å². The van der Waals surface area contributed by atoms with Crippen molar-refractivity contribution in [3.8, 4) is 5.75 Å². The molecule has 0 radical (unpaired) electrons. The third-order valence-electron chi connectivity index (χ3n) is 6.17. The summed E-state index contributed by atoms with van der Waals surface area (Å²) in [7, 11) is 1.40. The second kappa shape index (κ2) is 6.54. The normalized spacial score (nSPS) is 20.6. The maximum Gasteiger partial charge on any atom is 0.491 e. The molecular weight excluding hydrogens is 335 g/mol. The number of hydrogen-bond acceptors (Lipinski definition) is 3. The average molecular weight is 362 g/mol. The Balaban J connectivity index is 1.87. The molecule has 140 valence electrons. The van der Waals surface area contributed by atoms with Crippen molar-refractivity contribution in [3.63, 3.8) is 0 Å². The molecule has 1 aliphatic heterocycles. The molecule has 0 aromatic heterocycles. The van der Waals surface area contributed by atoms with E-state index in [-0.39, 0.29) is 18.3 Å². The van der Waals surface area contributed by atoms with E-state index in [2.05, 4.69) is 70.2 Å². The predicted octanol–water partition coefficient (Wildman–Crippen LogP) is 5.07. The Bertz CT molecular complexity index is 868. The van der Waals surface area contributed by atoms with E-state index in [1.54, 1.807) is 7.11 Å². The van der Waals surface area contributed by atoms with Gasteiger partial charge in [0.05, 0.1) is 18.3 Å². The Morgan fingerprint density at radius 1 is 0.889 bits per heavy atom. The molecule has 0 saturated carbocycles. The standard InChI is InChI=1S/C23H27BO3/c1-22(2)23(3,4)27-24(26-22)20-14-11-17-15-18(25-5)12-13-19(17)21(20)16-9-7-6-8-10-16/h6-10,12-13,15H,11,14H2,1-5H3. The number of ether oxygens (including phenoxy) is 1. The van der Waals surface area contributed by atoms with Crippen molar-refractivity contribution < 1.29 is 14.0 Å². The molecule has 1 fully saturated rings. The summed E-state index contributed by atoms with van der Waals surface area (Å²) < 4.78 is 18.3. The van der Waals surface area contributed by atoms with Crippen molar-refractivity contribution in [2.24, 2.45) is 0 Å². The highest BCUT2D eigenvalue weighted by Crippen LogP contribution is 2.44. The number of hydrogen-bond donors (Lipinski definition) is 0. The van der Waals surface area contributed by atoms with E-state index in [0.29, 0.717) is 0 Å². The van der Waals surface area contributed by atoms with Gasteiger partial charge in [-0.1, -0.05) is 36.4 Å². The van der Waals surface area contributed by atoms with Crippen LogP contribution in [0.2, 0.25) is 0 Å². The Hall–Kier alpha value is -2.04. The van der Waals surface area contributed by atoms with Gasteiger partial charge in [0.2, 0.25) is 0 Å². The highest BCUT2D eigenvalue weighted by Gasteiger charge is 2.53. The third-order valence-corrected chi connectivity index (χ3v) is 6.17. The summed E-state index contributed by atoms with van der Waals surface area (Å²) in [4.78, 5) is 0. The van der Waals surface area contributed by atoms with Gasteiger partial charge in [-0.15, -0.1) is 0 Å². The molecule has 1 aliphatic carbocycles. The summed E-state index contributed by atoms with van der Waals surface area (Å²) in [5, 5.41) is 0. The van der Waals surface area contributed by atoms with Crippen LogP contribution in [0.1, 0.15) is 50.8 Å². The number of benzene rings is 2. The lowest BCUT2D eigenvalue weighted by Crippen LogP contribution is -2.41. The van der Waals surface area contributed by atoms with Crippen molar-refractivity contribution in [2.45, 2.75) is 51.7 Å². The van der Waals surface area contributed by atoms with E-state index in [1.807, 2.05) is 6.07 Å². The van der Waals surface area contributed by atoms with Gasteiger partial charge in [-0.3, -0.25) is 0 Å². The minimum absolute atomic E-state index is 0.319. The van der Waals surface area contributed by atoms with Gasteiger partial charge in [-0.2, -0.15) is 0 Å². The molecule has 4 rings (SSSR count). The van der Waals surface area contributed by atoms with E-state index in [1.165, 1.54) is 27.7 Å². The average Bonchev–Trinajstić information content (AvgIpc) is 2.88. The summed E-state index contributed by atoms with van der Waals surface area (Å²) in [5.41, 5.74) is 5.55. The predicted molar refractivity (Wildman–Crippen MR) is 110 cm³/mol. The van der Waals surface area contributed by atoms with Crippen LogP contribution in [0, 0.1) is 0 Å². The molecule has 0 amide bonds. The number of allylic oxidation sites excluding steroid dienone is 1. The van der Waals surface area contributed by atoms with E-state index < -0.39 is 0 Å². The van der Waals surface area contributed by atoms with Crippen LogP contribution in [0.25, 0.3) is 5.57 Å². The van der Waals surface area contributed by atoms with Crippen molar-refractivity contribution in [1.82, 2.24) is 0 Å². The van der Waals surface area contributed by atoms with Gasteiger partial charge in [0, 0.05) is 0 Å². The van der Waals surface area contributed by atoms with E-state index >= 15 is 0 Å². The van der Waals surface area contributed by atoms with Crippen LogP contribution < -0.4 is 4.74 Å². The molecule has 0 N–H and O–H groups in total. The summed E-state index contributed by atoms with van der Waals surface area (Å²) in [6.45, 7) is 8.43. The van der Waals surface area contributed by atoms with Gasteiger partial charge < -0.3 is 14.0 Å². The molecule has 3 nitrogen and oxygen atoms in total. The zero-order valence-corrected chi connectivity index (χ0v) is 16.8. The second-order valence-corrected chi connectivity index (χ2v) is 8.38. The molecule has 0 spiro atoms. The molecule has 0 bridgehead atoms. The zero-order chi connectivity index (χ0) is 19.2. The van der Waals surface area contributed by atoms with Gasteiger partial charge in [0.1, 0.15) is 5.75 Å². The van der Waals surface area contributed by atoms with Crippen molar-refractivity contribution in [1.29, 1.82) is 0 Å². The van der Waals surface area contributed by atoms with E-state index in [4.69, 9.17) is 14.0 Å². The summed E-state index contributed by atoms with van der Waals surface area (Å²) in [5.74, 6) is 0.903. The monoisotopic (exact) mass is 362 g/mol. The second-order valence-electron chi connectivity index (χ2n) is 8.38. The first-order chi connectivity index (χ1) is 12.8. The lowest BCUT2D eigenvalue weighted by molar-refractivity contribution is 0.00578. The van der Waals surface area contributed by atoms with Gasteiger partial charge in [-0.25, -0.2) is 0 Å². The largest absolute Gasteiger partial charge is 0.497 e. The minimum atomic E-state index is -0.341. The van der Waals surface area contributed by atoms with Gasteiger partial charge in [0.25, 0.3) is 0 Å². The van der Waals surface area contributed by atoms with E-state index in [0.717, 1.165) is 18.6 Å². The molecule has 0 unspecified atom stereocenters. The maximum atomic E-state index is 6.41. The Morgan fingerprint density at radius 3 is 2.19 bits per heavy atom. The number of aryl methyl sites for hydroxylation is 1. The molecule has 2 aliphatic rings. The fourth-order valence-corrected chi connectivity index (χ4v) is 3.88. The number of fused-ring (bicyclic) bond motifs is 1. The minimum Gasteiger partial charge on any atom is -0.497 e. The first-order valence-electron chi connectivity index (χ1n) is 9.64. The summed E-state index contributed by atoms with van der Waals surface area (Å²) in [6.07, 6.45) is 1.88. The zero-order valence-electron chi connectivity index (χ0n) is 16.8. The quantitative estimate of drug-likeness (QED) is 0.713. The van der Waals surface area contributed by atoms with Crippen LogP contribution in [-0.2, 0) is 15.7 Å². The molecule has 1 heterocycles. The van der Waals surface area contributed by atoms with E-state index in [9.17, 15) is 0 Å². The third kappa shape index (κ3) is 3.11. The van der Waals surface area contributed by atoms with Gasteiger partial charge in [0.15, 0.2) is 0 Å². The molecule has 27 heavy (non-hydrogen) atoms. The van der Waals surface area contributed by atoms with Crippen LogP contribution in [-0.4, -0.2) is 25.4 Å². The van der Waals surface area contributed by atoms with Crippen molar-refractivity contribution in [3.05, 3.63) is 70.7 Å². The first-order valence-corrected chi connectivity index (χ1v) is 9.64. The fourth-order valence-electron chi connectivity index (χ4n) is 3.88. The maximum absolute atomic E-state index is 6.41. The summed E-state index contributed by atoms with van der Waals surface area (Å²) in [6, 6.07) is 16.9. The smallest absolute Gasteiger partial charge is 0.491 e. The van der Waals surface area contributed by atoms with Gasteiger partial charge in [-0.05, 0) is 80.4 Å². The van der Waals surface area contributed by atoms with Crippen LogP contribution in [0.15, 0.2) is 54.0 Å². The SMILES string of the molecule is COc1ccc2c(c1)CCC(B1OC(C)(C)C(C)(C)O1)=C2c1ccccc1. The Kier molecular flexibility index (Phi) is 4.44. The molecular formula is C23H27BO3. The highest BCUT2D eigenvalue weighted by atomic mass is 16.7. The van der Waals surface area contributed by atoms with Crippen LogP contribution >= 0.6 is 0 Å². The molecule has 2 aromatic rings. The highest BCUT2D eigenvalue weighted by molar-refractivity contribution is 6.56. The molecule has 1 saturated heterocycles. The molecule has 0 atom stereocenters. The topological polar surface area (TPSA) is 27.7 Å². The lowest BCUT2D eigenvalue weighted by atomic mass is 9.66. The van der Waals surface area contributed by atoms with Crippen LogP contribution in [0.4, 0.5) is 0 Å². The molecule has 2 aromatic carbocycles. The van der Waals surface area contributed by atoms with Gasteiger partial charge >= 0.3 is 7.12 Å². The fraction of sp³-hybridized carbons (Fsp3) is 0.391. The number of methoxy groups -OCH3 is 1. The van der Waals surface area contributed by atoms with Crippen LogP contribution in [0.3, 0.4) is 0 Å². The number of rotatable bonds is 3. The van der Waals surface area contributed by atoms with Crippen molar-refractivity contribution in [2.75, 3.05) is 7.11 Å². The Labute approximate surface area is 162 Å². The molecule has 4 heteroatoms. The Morgan fingerprint density at radius 2 is 1.56 bits per heavy atom. The first kappa shape index (κ1) is 18.3. The van der Waals surface area contributed by atoms with Crippen LogP contribution in [0.5, 0.6) is 5.75 Å². The summed E-state index contributed by atoms with van der Waals surface area (Å²) >= 11 is 0.